The highest BCUT2D eigenvalue weighted by Gasteiger charge is 2.67. The van der Waals surface area contributed by atoms with E-state index in [1.54, 1.807) is 24.3 Å². The number of rotatable bonds is 3. The summed E-state index contributed by atoms with van der Waals surface area (Å²) in [5, 5.41) is 2.87. The van der Waals surface area contributed by atoms with Gasteiger partial charge < -0.3 is 5.32 Å². The summed E-state index contributed by atoms with van der Waals surface area (Å²) in [7, 11) is 0. The van der Waals surface area contributed by atoms with Gasteiger partial charge in [-0.3, -0.25) is 14.4 Å². The van der Waals surface area contributed by atoms with Gasteiger partial charge in [-0.2, -0.15) is 0 Å². The number of hydrogen-bond donors (Lipinski definition) is 1. The predicted octanol–water partition coefficient (Wildman–Crippen LogP) is 3.80. The van der Waals surface area contributed by atoms with Crippen LogP contribution in [-0.4, -0.2) is 17.7 Å². The van der Waals surface area contributed by atoms with Crippen LogP contribution < -0.4 is 10.2 Å². The van der Waals surface area contributed by atoms with Crippen molar-refractivity contribution in [3.63, 3.8) is 0 Å². The van der Waals surface area contributed by atoms with Gasteiger partial charge in [-0.25, -0.2) is 4.90 Å². The van der Waals surface area contributed by atoms with Gasteiger partial charge in [0.15, 0.2) is 0 Å². The molecule has 7 rings (SSSR count). The molecule has 30 heavy (non-hydrogen) atoms. The average molecular weight is 398 g/mol. The summed E-state index contributed by atoms with van der Waals surface area (Å²) >= 11 is 0. The fourth-order valence-corrected chi connectivity index (χ4v) is 5.84. The molecule has 1 aliphatic heterocycles. The van der Waals surface area contributed by atoms with Crippen molar-refractivity contribution < 1.29 is 14.4 Å². The van der Waals surface area contributed by atoms with Crippen LogP contribution in [0.3, 0.4) is 0 Å². The second-order valence-electron chi connectivity index (χ2n) is 9.04. The number of carbonyl (C=O) groups is 3. The van der Waals surface area contributed by atoms with Crippen molar-refractivity contribution in [3.05, 3.63) is 71.8 Å². The molecular weight excluding hydrogens is 376 g/mol. The minimum absolute atomic E-state index is 0.106. The molecule has 0 radical (unpaired) electrons. The van der Waals surface area contributed by atoms with Crippen molar-refractivity contribution in [1.29, 1.82) is 0 Å². The maximum absolute atomic E-state index is 13.3. The van der Waals surface area contributed by atoms with Crippen LogP contribution in [0.4, 0.5) is 11.4 Å². The van der Waals surface area contributed by atoms with E-state index in [-0.39, 0.29) is 41.4 Å². The number of amides is 3. The predicted molar refractivity (Wildman–Crippen MR) is 113 cm³/mol. The number of nitrogens with one attached hydrogen (secondary N) is 1. The fraction of sp³-hybridized carbons (Fsp3) is 0.320. The van der Waals surface area contributed by atoms with E-state index in [1.807, 2.05) is 31.2 Å². The molecular formula is C25H22N2O3. The number of nitrogens with zero attached hydrogens (tertiary/aromatic N) is 1. The summed E-state index contributed by atoms with van der Waals surface area (Å²) in [6.07, 6.45) is 5.48. The van der Waals surface area contributed by atoms with Gasteiger partial charge in [-0.15, -0.1) is 0 Å². The standard InChI is InChI=1S/C25H22N2O3/c1-13-5-7-15(8-6-13)26-23(28)14-3-2-4-16(11-14)27-24(29)21-17-9-10-18(20-12-19(17)20)22(21)25(27)30/h2-11,17-22H,12H2,1H3,(H,26,28)/t17-,18+,19-,20-,21+,22-/m1/s1. The molecule has 2 saturated carbocycles. The van der Waals surface area contributed by atoms with E-state index in [0.29, 0.717) is 28.8 Å². The van der Waals surface area contributed by atoms with Crippen LogP contribution >= 0.6 is 0 Å². The van der Waals surface area contributed by atoms with Gasteiger partial charge in [-0.05, 0) is 67.3 Å². The van der Waals surface area contributed by atoms with E-state index in [4.69, 9.17) is 0 Å². The molecule has 1 saturated heterocycles. The van der Waals surface area contributed by atoms with Crippen LogP contribution in [0.15, 0.2) is 60.7 Å². The van der Waals surface area contributed by atoms with E-state index < -0.39 is 0 Å². The highest BCUT2D eigenvalue weighted by atomic mass is 16.2. The van der Waals surface area contributed by atoms with Crippen molar-refractivity contribution in [2.45, 2.75) is 13.3 Å². The molecule has 150 valence electrons. The lowest BCUT2D eigenvalue weighted by Gasteiger charge is -2.37. The molecule has 1 N–H and O–H groups in total. The molecule has 2 bridgehead atoms. The van der Waals surface area contributed by atoms with E-state index >= 15 is 0 Å². The monoisotopic (exact) mass is 398 g/mol. The van der Waals surface area contributed by atoms with Crippen molar-refractivity contribution in [3.8, 4) is 0 Å². The third kappa shape index (κ3) is 2.44. The molecule has 0 aromatic heterocycles. The Morgan fingerprint density at radius 1 is 0.933 bits per heavy atom. The average Bonchev–Trinajstić information content (AvgIpc) is 3.53. The summed E-state index contributed by atoms with van der Waals surface area (Å²) in [4.78, 5) is 40.6. The van der Waals surface area contributed by atoms with Crippen LogP contribution in [0.25, 0.3) is 0 Å². The fourth-order valence-electron chi connectivity index (χ4n) is 5.84. The topological polar surface area (TPSA) is 66.5 Å². The van der Waals surface area contributed by atoms with Crippen LogP contribution in [0, 0.1) is 42.4 Å². The second-order valence-corrected chi connectivity index (χ2v) is 9.04. The Labute approximate surface area is 174 Å². The maximum atomic E-state index is 13.3. The van der Waals surface area contributed by atoms with Gasteiger partial charge in [0.2, 0.25) is 11.8 Å². The van der Waals surface area contributed by atoms with Crippen LogP contribution in [0.1, 0.15) is 22.3 Å². The zero-order valence-corrected chi connectivity index (χ0v) is 16.6. The van der Waals surface area contributed by atoms with Gasteiger partial charge in [-0.1, -0.05) is 35.9 Å². The Hall–Kier alpha value is -3.21. The summed E-state index contributed by atoms with van der Waals surface area (Å²) in [6, 6.07) is 14.4. The summed E-state index contributed by atoms with van der Waals surface area (Å²) in [6.45, 7) is 1.99. The van der Waals surface area contributed by atoms with E-state index in [1.165, 1.54) is 4.90 Å². The molecule has 2 aromatic rings. The first kappa shape index (κ1) is 17.6. The Kier molecular flexibility index (Phi) is 3.61. The van der Waals surface area contributed by atoms with Crippen molar-refractivity contribution in [1.82, 2.24) is 0 Å². The normalized spacial score (nSPS) is 32.8. The number of benzene rings is 2. The third-order valence-corrected chi connectivity index (χ3v) is 7.34. The number of anilines is 2. The number of allylic oxidation sites excluding steroid dienone is 2. The summed E-state index contributed by atoms with van der Waals surface area (Å²) in [5.74, 6) is 0.590. The van der Waals surface area contributed by atoms with E-state index in [9.17, 15) is 14.4 Å². The number of hydrogen-bond acceptors (Lipinski definition) is 3. The lowest BCUT2D eigenvalue weighted by molar-refractivity contribution is -0.124. The zero-order valence-electron chi connectivity index (χ0n) is 16.6. The van der Waals surface area contributed by atoms with Gasteiger partial charge in [0.1, 0.15) is 0 Å². The first-order chi connectivity index (χ1) is 14.5. The van der Waals surface area contributed by atoms with Gasteiger partial charge in [0, 0.05) is 11.3 Å². The summed E-state index contributed by atoms with van der Waals surface area (Å²) < 4.78 is 0. The first-order valence-electron chi connectivity index (χ1n) is 10.6. The molecule has 5 nitrogen and oxygen atoms in total. The van der Waals surface area contributed by atoms with Crippen LogP contribution in [0.2, 0.25) is 0 Å². The largest absolute Gasteiger partial charge is 0.322 e. The highest BCUT2D eigenvalue weighted by Crippen LogP contribution is 2.65. The molecule has 6 atom stereocenters. The molecule has 5 aliphatic rings. The van der Waals surface area contributed by atoms with Gasteiger partial charge in [0.05, 0.1) is 17.5 Å². The Morgan fingerprint density at radius 2 is 1.57 bits per heavy atom. The number of imide groups is 1. The van der Waals surface area contributed by atoms with Crippen molar-refractivity contribution in [2.75, 3.05) is 10.2 Å². The van der Waals surface area contributed by atoms with Gasteiger partial charge >= 0.3 is 0 Å². The minimum Gasteiger partial charge on any atom is -0.322 e. The van der Waals surface area contributed by atoms with Crippen LogP contribution in [-0.2, 0) is 9.59 Å². The Bertz CT molecular complexity index is 1080. The van der Waals surface area contributed by atoms with Crippen molar-refractivity contribution >= 4 is 29.1 Å². The van der Waals surface area contributed by atoms with Gasteiger partial charge in [0.25, 0.3) is 5.91 Å². The molecule has 4 aliphatic carbocycles. The minimum atomic E-state index is -0.264. The Balaban J connectivity index is 1.28. The Morgan fingerprint density at radius 3 is 2.20 bits per heavy atom. The lowest BCUT2D eigenvalue weighted by atomic mass is 9.63. The zero-order chi connectivity index (χ0) is 20.6. The van der Waals surface area contributed by atoms with Crippen LogP contribution in [0.5, 0.6) is 0 Å². The molecule has 3 amide bonds. The molecule has 0 unspecified atom stereocenters. The molecule has 5 heteroatoms. The highest BCUT2D eigenvalue weighted by molar-refractivity contribution is 6.23. The molecule has 3 fully saturated rings. The van der Waals surface area contributed by atoms with Crippen molar-refractivity contribution in [2.24, 2.45) is 35.5 Å². The molecule has 0 spiro atoms. The quantitative estimate of drug-likeness (QED) is 0.632. The second kappa shape index (κ2) is 6.14. The molecule has 1 heterocycles. The third-order valence-electron chi connectivity index (χ3n) is 7.34. The van der Waals surface area contributed by atoms with E-state index in [2.05, 4.69) is 17.5 Å². The molecule has 2 aromatic carbocycles. The summed E-state index contributed by atoms with van der Waals surface area (Å²) in [5.41, 5.74) is 2.73. The maximum Gasteiger partial charge on any atom is 0.255 e. The SMILES string of the molecule is Cc1ccc(NC(=O)c2cccc(N3C(=O)[C@@H]4[C@H]5C=C[C@H]([C@H]6C[C@H]56)[C@@H]4C3=O)c2)cc1. The number of carbonyl (C=O) groups excluding carboxylic acids is 3. The number of aryl methyl sites for hydroxylation is 1. The lowest BCUT2D eigenvalue weighted by Crippen LogP contribution is -2.40. The first-order valence-corrected chi connectivity index (χ1v) is 10.6. The van der Waals surface area contributed by atoms with E-state index in [0.717, 1.165) is 12.0 Å². The smallest absolute Gasteiger partial charge is 0.255 e.